The largest absolute Gasteiger partial charge is 0.310 e. The fourth-order valence-corrected chi connectivity index (χ4v) is 4.67. The Morgan fingerprint density at radius 3 is 2.58 bits per heavy atom. The third-order valence-corrected chi connectivity index (χ3v) is 6.50. The predicted molar refractivity (Wildman–Crippen MR) is 117 cm³/mol. The van der Waals surface area contributed by atoms with Crippen LogP contribution in [0.15, 0.2) is 36.9 Å². The molecule has 0 atom stereocenters. The first kappa shape index (κ1) is 20.1. The van der Waals surface area contributed by atoms with Gasteiger partial charge < -0.3 is 5.32 Å². The van der Waals surface area contributed by atoms with E-state index in [2.05, 4.69) is 25.3 Å². The predicted octanol–water partition coefficient (Wildman–Crippen LogP) is 3.43. The number of carbonyl (C=O) groups is 1. The summed E-state index contributed by atoms with van der Waals surface area (Å²) in [7, 11) is 1.87. The fourth-order valence-electron chi connectivity index (χ4n) is 4.67. The molecule has 3 aromatic heterocycles. The minimum Gasteiger partial charge on any atom is -0.310 e. The summed E-state index contributed by atoms with van der Waals surface area (Å²) in [5.74, 6) is 1.20. The Balaban J connectivity index is 1.21. The van der Waals surface area contributed by atoms with Gasteiger partial charge in [-0.15, -0.1) is 0 Å². The molecule has 0 bridgehead atoms. The minimum atomic E-state index is -0.646. The lowest BCUT2D eigenvalue weighted by atomic mass is 9.81. The van der Waals surface area contributed by atoms with Crippen molar-refractivity contribution in [3.05, 3.63) is 36.9 Å². The molecule has 2 aliphatic rings. The molecule has 1 saturated carbocycles. The number of rotatable bonds is 5. The van der Waals surface area contributed by atoms with Crippen molar-refractivity contribution in [2.45, 2.75) is 31.9 Å². The summed E-state index contributed by atoms with van der Waals surface area (Å²) in [5, 5.41) is 9.11. The van der Waals surface area contributed by atoms with Gasteiger partial charge in [-0.2, -0.15) is 5.10 Å². The SMILES string of the molecule is Cn1cc(-c2cc3cc(NC(=O)[C@H]4CC[C@H](CN5CC(F)C5)CC4)ncc3cn2)cn1. The number of halogens is 1. The van der Waals surface area contributed by atoms with Gasteiger partial charge in [-0.05, 0) is 49.1 Å². The lowest BCUT2D eigenvalue weighted by Gasteiger charge is -2.38. The van der Waals surface area contributed by atoms with E-state index in [1.165, 1.54) is 0 Å². The van der Waals surface area contributed by atoms with Crippen LogP contribution in [-0.4, -0.2) is 56.4 Å². The van der Waals surface area contributed by atoms with Crippen LogP contribution in [0.1, 0.15) is 25.7 Å². The van der Waals surface area contributed by atoms with E-state index < -0.39 is 6.17 Å². The number of alkyl halides is 1. The summed E-state index contributed by atoms with van der Waals surface area (Å²) < 4.78 is 14.7. The van der Waals surface area contributed by atoms with Crippen LogP contribution in [0.5, 0.6) is 0 Å². The summed E-state index contributed by atoms with van der Waals surface area (Å²) in [6.07, 6.45) is 10.4. The van der Waals surface area contributed by atoms with E-state index in [1.54, 1.807) is 23.3 Å². The number of aromatic nitrogens is 4. The van der Waals surface area contributed by atoms with Crippen LogP contribution in [0.3, 0.4) is 0 Å². The van der Waals surface area contributed by atoms with Crippen LogP contribution in [0.4, 0.5) is 10.2 Å². The van der Waals surface area contributed by atoms with Gasteiger partial charge in [-0.25, -0.2) is 9.37 Å². The highest BCUT2D eigenvalue weighted by Gasteiger charge is 2.31. The zero-order chi connectivity index (χ0) is 21.4. The molecule has 3 aromatic rings. The van der Waals surface area contributed by atoms with Crippen LogP contribution in [0.2, 0.25) is 0 Å². The van der Waals surface area contributed by atoms with Crippen molar-refractivity contribution in [2.24, 2.45) is 18.9 Å². The maximum atomic E-state index is 13.0. The number of nitrogens with one attached hydrogen (secondary N) is 1. The normalized spacial score (nSPS) is 22.4. The Labute approximate surface area is 180 Å². The maximum absolute atomic E-state index is 13.0. The lowest BCUT2D eigenvalue weighted by Crippen LogP contribution is -2.50. The van der Waals surface area contributed by atoms with Crippen LogP contribution < -0.4 is 5.32 Å². The van der Waals surface area contributed by atoms with Crippen LogP contribution in [0, 0.1) is 11.8 Å². The van der Waals surface area contributed by atoms with E-state index in [1.807, 2.05) is 25.4 Å². The number of aryl methyl sites for hydroxylation is 1. The number of pyridine rings is 2. The molecule has 31 heavy (non-hydrogen) atoms. The molecule has 0 spiro atoms. The molecule has 1 aliphatic heterocycles. The average Bonchev–Trinajstić information content (AvgIpc) is 3.19. The Hall–Kier alpha value is -2.87. The molecule has 1 amide bonds. The van der Waals surface area contributed by atoms with Gasteiger partial charge >= 0.3 is 0 Å². The zero-order valence-corrected chi connectivity index (χ0v) is 17.7. The molecule has 8 heteroatoms. The van der Waals surface area contributed by atoms with Gasteiger partial charge in [0.05, 0.1) is 11.9 Å². The summed E-state index contributed by atoms with van der Waals surface area (Å²) in [6.45, 7) is 2.12. The lowest BCUT2D eigenvalue weighted by molar-refractivity contribution is -0.121. The molecule has 4 heterocycles. The van der Waals surface area contributed by atoms with Crippen LogP contribution in [0.25, 0.3) is 22.0 Å². The van der Waals surface area contributed by atoms with Gasteiger partial charge in [0.25, 0.3) is 0 Å². The topological polar surface area (TPSA) is 75.9 Å². The summed E-state index contributed by atoms with van der Waals surface area (Å²) in [4.78, 5) is 23.9. The van der Waals surface area contributed by atoms with Gasteiger partial charge in [0.15, 0.2) is 0 Å². The Kier molecular flexibility index (Phi) is 5.40. The Bertz CT molecular complexity index is 1080. The second-order valence-electron chi connectivity index (χ2n) is 8.91. The number of likely N-dealkylation sites (tertiary alicyclic amines) is 1. The molecule has 162 valence electrons. The van der Waals surface area contributed by atoms with Gasteiger partial charge in [0, 0.05) is 62.1 Å². The molecule has 1 saturated heterocycles. The number of nitrogens with zero attached hydrogens (tertiary/aromatic N) is 5. The number of carbonyl (C=O) groups excluding carboxylic acids is 1. The molecular formula is C23H27FN6O. The van der Waals surface area contributed by atoms with Gasteiger partial charge in [-0.1, -0.05) is 0 Å². The molecule has 2 fully saturated rings. The molecule has 1 N–H and O–H groups in total. The number of hydrogen-bond donors (Lipinski definition) is 1. The standard InChI is InChI=1S/C23H27FN6O/c1-29-12-19(10-27-29)21-6-17-7-22(26-9-18(17)8-25-21)28-23(31)16-4-2-15(3-5-16)11-30-13-20(24)14-30/h6-10,12,15-16,20H,2-5,11,13-14H2,1H3,(H,26,28,31)/t15-,16-. The smallest absolute Gasteiger partial charge is 0.228 e. The molecule has 0 unspecified atom stereocenters. The Morgan fingerprint density at radius 2 is 1.87 bits per heavy atom. The number of amides is 1. The highest BCUT2D eigenvalue weighted by molar-refractivity contribution is 5.94. The number of anilines is 1. The monoisotopic (exact) mass is 422 g/mol. The van der Waals surface area contributed by atoms with Crippen molar-refractivity contribution in [1.82, 2.24) is 24.6 Å². The third-order valence-electron chi connectivity index (χ3n) is 6.50. The number of hydrogen-bond acceptors (Lipinski definition) is 5. The van der Waals surface area contributed by atoms with E-state index >= 15 is 0 Å². The van der Waals surface area contributed by atoms with Gasteiger partial charge in [0.1, 0.15) is 12.0 Å². The first-order chi connectivity index (χ1) is 15.0. The van der Waals surface area contributed by atoms with Crippen molar-refractivity contribution in [2.75, 3.05) is 25.0 Å². The molecule has 5 rings (SSSR count). The second-order valence-corrected chi connectivity index (χ2v) is 8.91. The van der Waals surface area contributed by atoms with E-state index in [4.69, 9.17) is 0 Å². The summed E-state index contributed by atoms with van der Waals surface area (Å²) in [5.41, 5.74) is 1.78. The second kappa shape index (κ2) is 8.34. The number of fused-ring (bicyclic) bond motifs is 1. The van der Waals surface area contributed by atoms with E-state index in [-0.39, 0.29) is 11.8 Å². The first-order valence-electron chi connectivity index (χ1n) is 11.0. The van der Waals surface area contributed by atoms with Crippen molar-refractivity contribution in [3.63, 3.8) is 0 Å². The summed E-state index contributed by atoms with van der Waals surface area (Å²) in [6, 6.07) is 3.89. The van der Waals surface area contributed by atoms with Crippen molar-refractivity contribution >= 4 is 22.5 Å². The maximum Gasteiger partial charge on any atom is 0.228 e. The van der Waals surface area contributed by atoms with Crippen molar-refractivity contribution < 1.29 is 9.18 Å². The Morgan fingerprint density at radius 1 is 1.10 bits per heavy atom. The van der Waals surface area contributed by atoms with Crippen LogP contribution in [-0.2, 0) is 11.8 Å². The van der Waals surface area contributed by atoms with Crippen LogP contribution >= 0.6 is 0 Å². The molecule has 7 nitrogen and oxygen atoms in total. The van der Waals surface area contributed by atoms with Crippen molar-refractivity contribution in [3.8, 4) is 11.3 Å². The highest BCUT2D eigenvalue weighted by Crippen LogP contribution is 2.31. The highest BCUT2D eigenvalue weighted by atomic mass is 19.1. The molecule has 0 aromatic carbocycles. The quantitative estimate of drug-likeness (QED) is 0.682. The van der Waals surface area contributed by atoms with Crippen molar-refractivity contribution in [1.29, 1.82) is 0 Å². The zero-order valence-electron chi connectivity index (χ0n) is 17.7. The third kappa shape index (κ3) is 4.44. The fraction of sp³-hybridized carbons (Fsp3) is 0.478. The molecule has 0 radical (unpaired) electrons. The first-order valence-corrected chi connectivity index (χ1v) is 11.0. The van der Waals surface area contributed by atoms with E-state index in [0.29, 0.717) is 24.8 Å². The van der Waals surface area contributed by atoms with E-state index in [0.717, 1.165) is 54.3 Å². The minimum absolute atomic E-state index is 0.0162. The molecule has 1 aliphatic carbocycles. The van der Waals surface area contributed by atoms with Gasteiger partial charge in [0.2, 0.25) is 5.91 Å². The summed E-state index contributed by atoms with van der Waals surface area (Å²) >= 11 is 0. The molecular weight excluding hydrogens is 395 g/mol. The van der Waals surface area contributed by atoms with Gasteiger partial charge in [-0.3, -0.25) is 19.4 Å². The average molecular weight is 423 g/mol. The van der Waals surface area contributed by atoms with E-state index in [9.17, 15) is 9.18 Å².